The molecule has 6 rings (SSSR count). The van der Waals surface area contributed by atoms with E-state index in [2.05, 4.69) is 34.1 Å². The molecule has 0 saturated carbocycles. The van der Waals surface area contributed by atoms with Gasteiger partial charge in [-0.3, -0.25) is 14.6 Å². The molecule has 1 aromatic heterocycles. The van der Waals surface area contributed by atoms with Crippen LogP contribution >= 0.6 is 0 Å². The lowest BCUT2D eigenvalue weighted by Gasteiger charge is -2.39. The van der Waals surface area contributed by atoms with Gasteiger partial charge >= 0.3 is 0 Å². The van der Waals surface area contributed by atoms with Crippen LogP contribution in [-0.2, 0) is 21.2 Å². The normalized spacial score (nSPS) is 22.6. The van der Waals surface area contributed by atoms with Crippen molar-refractivity contribution in [3.05, 3.63) is 95.8 Å². The number of carbonyl (C=O) groups is 2. The van der Waals surface area contributed by atoms with Gasteiger partial charge in [0.1, 0.15) is 0 Å². The highest BCUT2D eigenvalue weighted by atomic mass is 32.2. The minimum atomic E-state index is -3.24. The minimum Gasteiger partial charge on any atom is -0.338 e. The Kier molecular flexibility index (Phi) is 7.89. The fourth-order valence-electron chi connectivity index (χ4n) is 7.04. The van der Waals surface area contributed by atoms with Crippen LogP contribution in [0.15, 0.2) is 84.0 Å². The molecule has 4 heterocycles. The Morgan fingerprint density at radius 3 is 2.31 bits per heavy atom. The van der Waals surface area contributed by atoms with Crippen molar-refractivity contribution < 1.29 is 18.0 Å². The summed E-state index contributed by atoms with van der Waals surface area (Å²) in [7, 11) is -3.24. The second kappa shape index (κ2) is 11.6. The van der Waals surface area contributed by atoms with Crippen molar-refractivity contribution in [1.29, 1.82) is 0 Å². The van der Waals surface area contributed by atoms with Gasteiger partial charge in [-0.25, -0.2) is 8.42 Å². The lowest BCUT2D eigenvalue weighted by Crippen LogP contribution is -2.46. The molecule has 42 heavy (non-hydrogen) atoms. The van der Waals surface area contributed by atoms with Crippen LogP contribution < -0.4 is 0 Å². The van der Waals surface area contributed by atoms with Crippen LogP contribution in [0.25, 0.3) is 0 Å². The third kappa shape index (κ3) is 5.85. The number of likely N-dealkylation sites (tertiary alicyclic amines) is 3. The summed E-state index contributed by atoms with van der Waals surface area (Å²) < 4.78 is 23.6. The summed E-state index contributed by atoms with van der Waals surface area (Å²) >= 11 is 0. The van der Waals surface area contributed by atoms with Gasteiger partial charge < -0.3 is 14.7 Å². The Hall–Kier alpha value is -3.56. The first kappa shape index (κ1) is 28.6. The van der Waals surface area contributed by atoms with Crippen molar-refractivity contribution in [3.8, 4) is 0 Å². The van der Waals surface area contributed by atoms with Gasteiger partial charge in [-0.05, 0) is 73.7 Å². The van der Waals surface area contributed by atoms with E-state index in [4.69, 9.17) is 0 Å². The first-order chi connectivity index (χ1) is 20.2. The zero-order valence-electron chi connectivity index (χ0n) is 24.1. The largest absolute Gasteiger partial charge is 0.338 e. The Morgan fingerprint density at radius 2 is 1.64 bits per heavy atom. The number of sulfone groups is 1. The lowest BCUT2D eigenvalue weighted by atomic mass is 9.76. The number of hydrogen-bond acceptors (Lipinski definition) is 6. The molecule has 2 atom stereocenters. The number of amides is 2. The maximum absolute atomic E-state index is 13.6. The molecule has 0 aliphatic carbocycles. The summed E-state index contributed by atoms with van der Waals surface area (Å²) in [6, 6.07) is 21.0. The molecule has 8 nitrogen and oxygen atoms in total. The van der Waals surface area contributed by atoms with Gasteiger partial charge in [0.05, 0.1) is 15.9 Å². The third-order valence-electron chi connectivity index (χ3n) is 9.50. The molecule has 0 radical (unpaired) electrons. The van der Waals surface area contributed by atoms with Gasteiger partial charge in [0, 0.05) is 57.3 Å². The number of hydrogen-bond donors (Lipinski definition) is 0. The van der Waals surface area contributed by atoms with Crippen LogP contribution in [0.1, 0.15) is 46.7 Å². The van der Waals surface area contributed by atoms with Crippen molar-refractivity contribution in [2.45, 2.75) is 36.6 Å². The van der Waals surface area contributed by atoms with Crippen LogP contribution in [0, 0.1) is 11.3 Å². The number of benzene rings is 2. The van der Waals surface area contributed by atoms with Crippen LogP contribution in [0.4, 0.5) is 0 Å². The Balaban J connectivity index is 1.08. The number of rotatable bonds is 7. The molecular formula is C33H38N4O4S. The molecule has 3 fully saturated rings. The predicted molar refractivity (Wildman–Crippen MR) is 161 cm³/mol. The highest BCUT2D eigenvalue weighted by Gasteiger charge is 2.48. The third-order valence-corrected chi connectivity index (χ3v) is 10.6. The summed E-state index contributed by atoms with van der Waals surface area (Å²) in [6.07, 6.45) is 7.09. The number of carbonyl (C=O) groups excluding carboxylic acids is 2. The summed E-state index contributed by atoms with van der Waals surface area (Å²) in [6.45, 7) is 5.29. The zero-order valence-corrected chi connectivity index (χ0v) is 24.9. The second-order valence-corrected chi connectivity index (χ2v) is 14.2. The van der Waals surface area contributed by atoms with Gasteiger partial charge in [-0.1, -0.05) is 42.5 Å². The fraction of sp³-hybridized carbons (Fsp3) is 0.424. The van der Waals surface area contributed by atoms with E-state index >= 15 is 0 Å². The SMILES string of the molecule is CS(=O)(=O)c1ccc(CN2CCC3(CCN(C[C@H]4CN(C(=O)c5cccnc5)C[C@@H]4c4ccccc4)CC3)C2=O)cc1. The second-order valence-electron chi connectivity index (χ2n) is 12.2. The van der Waals surface area contributed by atoms with Gasteiger partial charge in [0.15, 0.2) is 9.84 Å². The summed E-state index contributed by atoms with van der Waals surface area (Å²) in [4.78, 5) is 37.8. The molecule has 0 N–H and O–H groups in total. The topological polar surface area (TPSA) is 90.9 Å². The predicted octanol–water partition coefficient (Wildman–Crippen LogP) is 3.86. The average Bonchev–Trinajstić information content (AvgIpc) is 3.56. The molecule has 0 bridgehead atoms. The van der Waals surface area contributed by atoms with Gasteiger partial charge in [0.25, 0.3) is 5.91 Å². The van der Waals surface area contributed by atoms with Crippen LogP contribution in [0.5, 0.6) is 0 Å². The van der Waals surface area contributed by atoms with Crippen molar-refractivity contribution >= 4 is 21.7 Å². The van der Waals surface area contributed by atoms with Gasteiger partial charge in [0.2, 0.25) is 5.91 Å². The van der Waals surface area contributed by atoms with Crippen molar-refractivity contribution in [2.24, 2.45) is 11.3 Å². The molecule has 3 aromatic rings. The molecular weight excluding hydrogens is 548 g/mol. The van der Waals surface area contributed by atoms with E-state index in [1.165, 1.54) is 11.8 Å². The molecule has 0 unspecified atom stereocenters. The maximum atomic E-state index is 13.6. The number of nitrogens with zero attached hydrogens (tertiary/aromatic N) is 4. The van der Waals surface area contributed by atoms with Gasteiger partial charge in [-0.15, -0.1) is 0 Å². The van der Waals surface area contributed by atoms with E-state index in [9.17, 15) is 18.0 Å². The van der Waals surface area contributed by atoms with Crippen molar-refractivity contribution in [2.75, 3.05) is 45.5 Å². The van der Waals surface area contributed by atoms with Crippen LogP contribution in [0.3, 0.4) is 0 Å². The van der Waals surface area contributed by atoms with Gasteiger partial charge in [-0.2, -0.15) is 0 Å². The molecule has 3 aliphatic rings. The maximum Gasteiger partial charge on any atom is 0.255 e. The zero-order chi connectivity index (χ0) is 29.3. The molecule has 220 valence electrons. The molecule has 2 aromatic carbocycles. The molecule has 9 heteroatoms. The molecule has 3 aliphatic heterocycles. The Labute approximate surface area is 248 Å². The lowest BCUT2D eigenvalue weighted by molar-refractivity contribution is -0.139. The van der Waals surface area contributed by atoms with E-state index in [1.54, 1.807) is 30.6 Å². The Bertz CT molecular complexity index is 1520. The molecule has 3 saturated heterocycles. The number of aromatic nitrogens is 1. The van der Waals surface area contributed by atoms with E-state index in [1.807, 2.05) is 34.1 Å². The van der Waals surface area contributed by atoms with Crippen LogP contribution in [-0.4, -0.2) is 85.4 Å². The average molecular weight is 587 g/mol. The smallest absolute Gasteiger partial charge is 0.255 e. The highest BCUT2D eigenvalue weighted by Crippen LogP contribution is 2.43. The van der Waals surface area contributed by atoms with E-state index in [0.717, 1.165) is 51.0 Å². The fourth-order valence-corrected chi connectivity index (χ4v) is 7.67. The monoisotopic (exact) mass is 586 g/mol. The summed E-state index contributed by atoms with van der Waals surface area (Å²) in [5.41, 5.74) is 2.54. The standard InChI is InChI=1S/C33H38N4O4S/c1-42(40,41)29-11-9-25(10-12-29)21-36-19-15-33(32(36)39)13-17-35(18-14-33)22-28-23-37(31(38)27-8-5-16-34-20-27)24-30(28)26-6-3-2-4-7-26/h2-12,16,20,28,30H,13-15,17-19,21-24H2,1H3/t28-,30+/m0/s1. The van der Waals surface area contributed by atoms with E-state index < -0.39 is 9.84 Å². The minimum absolute atomic E-state index is 0.0340. The summed E-state index contributed by atoms with van der Waals surface area (Å²) in [5, 5.41) is 0. The van der Waals surface area contributed by atoms with E-state index in [-0.39, 0.29) is 23.1 Å². The first-order valence-corrected chi connectivity index (χ1v) is 16.7. The Morgan fingerprint density at radius 1 is 0.929 bits per heavy atom. The quantitative estimate of drug-likeness (QED) is 0.418. The van der Waals surface area contributed by atoms with Crippen molar-refractivity contribution in [3.63, 3.8) is 0 Å². The highest BCUT2D eigenvalue weighted by molar-refractivity contribution is 7.90. The first-order valence-electron chi connectivity index (χ1n) is 14.8. The molecule has 2 amide bonds. The van der Waals surface area contributed by atoms with Crippen molar-refractivity contribution in [1.82, 2.24) is 19.7 Å². The summed E-state index contributed by atoms with van der Waals surface area (Å²) in [5.74, 6) is 0.838. The van der Waals surface area contributed by atoms with Crippen LogP contribution in [0.2, 0.25) is 0 Å². The number of piperidine rings is 1. The number of pyridine rings is 1. The molecule has 1 spiro atoms. The van der Waals surface area contributed by atoms with E-state index in [0.29, 0.717) is 36.0 Å².